The first-order valence-corrected chi connectivity index (χ1v) is 6.80. The zero-order chi connectivity index (χ0) is 13.6. The van der Waals surface area contributed by atoms with Crippen LogP contribution in [-0.2, 0) is 0 Å². The van der Waals surface area contributed by atoms with Crippen molar-refractivity contribution in [2.75, 3.05) is 5.75 Å². The third kappa shape index (κ3) is 4.56. The summed E-state index contributed by atoms with van der Waals surface area (Å²) in [6, 6.07) is 6.47. The van der Waals surface area contributed by atoms with Gasteiger partial charge in [0.05, 0.1) is 0 Å². The lowest BCUT2D eigenvalue weighted by molar-refractivity contribution is 0.305. The van der Waals surface area contributed by atoms with Crippen molar-refractivity contribution < 1.29 is 9.60 Å². The predicted molar refractivity (Wildman–Crippen MR) is 73.5 cm³/mol. The number of nitrogens with two attached hydrogens (primary N) is 1. The fourth-order valence-corrected chi connectivity index (χ4v) is 2.35. The average Bonchev–Trinajstić information content (AvgIpc) is 2.35. The monoisotopic (exact) mass is 270 g/mol. The molecule has 0 aliphatic heterocycles. The molecule has 0 fully saturated rings. The first kappa shape index (κ1) is 14.8. The Morgan fingerprint density at radius 2 is 2.00 bits per heavy atom. The maximum Gasteiger partial charge on any atom is 0.144 e. The highest BCUT2D eigenvalue weighted by Crippen LogP contribution is 2.26. The van der Waals surface area contributed by atoms with Crippen LogP contribution in [0.4, 0.5) is 4.39 Å². The van der Waals surface area contributed by atoms with Crippen LogP contribution < -0.4 is 5.73 Å². The number of benzene rings is 1. The maximum atomic E-state index is 12.7. The Labute approximate surface area is 111 Å². The lowest BCUT2D eigenvalue weighted by atomic mass is 9.87. The fourth-order valence-electron chi connectivity index (χ4n) is 1.50. The smallest absolute Gasteiger partial charge is 0.144 e. The van der Waals surface area contributed by atoms with Gasteiger partial charge in [-0.15, -0.1) is 11.8 Å². The van der Waals surface area contributed by atoms with Gasteiger partial charge in [-0.3, -0.25) is 0 Å². The molecule has 18 heavy (non-hydrogen) atoms. The highest BCUT2D eigenvalue weighted by molar-refractivity contribution is 7.99. The number of rotatable bonds is 6. The molecule has 0 aromatic heterocycles. The molecule has 0 aliphatic rings. The van der Waals surface area contributed by atoms with Gasteiger partial charge in [-0.2, -0.15) is 0 Å². The summed E-state index contributed by atoms with van der Waals surface area (Å²) in [5, 5.41) is 11.7. The number of hydrogen-bond donors (Lipinski definition) is 2. The van der Waals surface area contributed by atoms with Crippen molar-refractivity contribution >= 4 is 17.6 Å². The minimum absolute atomic E-state index is 0.215. The van der Waals surface area contributed by atoms with Crippen LogP contribution in [0.5, 0.6) is 0 Å². The second kappa shape index (κ2) is 6.64. The maximum absolute atomic E-state index is 12.7. The van der Waals surface area contributed by atoms with Crippen molar-refractivity contribution in [3.8, 4) is 0 Å². The molecule has 100 valence electrons. The van der Waals surface area contributed by atoms with E-state index in [9.17, 15) is 4.39 Å². The van der Waals surface area contributed by atoms with Crippen molar-refractivity contribution in [2.24, 2.45) is 16.3 Å². The van der Waals surface area contributed by atoms with E-state index in [0.717, 1.165) is 23.5 Å². The molecule has 0 atom stereocenters. The molecule has 0 unspecified atom stereocenters. The van der Waals surface area contributed by atoms with Crippen LogP contribution in [0.2, 0.25) is 0 Å². The number of hydrogen-bond acceptors (Lipinski definition) is 3. The van der Waals surface area contributed by atoms with Gasteiger partial charge in [0.25, 0.3) is 0 Å². The number of oxime groups is 1. The van der Waals surface area contributed by atoms with E-state index in [4.69, 9.17) is 10.9 Å². The van der Waals surface area contributed by atoms with Gasteiger partial charge in [0, 0.05) is 10.3 Å². The molecule has 0 saturated carbocycles. The summed E-state index contributed by atoms with van der Waals surface area (Å²) in [6.07, 6.45) is 1.79. The van der Waals surface area contributed by atoms with Crippen LogP contribution in [-0.4, -0.2) is 16.8 Å². The Morgan fingerprint density at radius 3 is 2.56 bits per heavy atom. The third-order valence-corrected chi connectivity index (χ3v) is 3.93. The number of nitrogens with zero attached hydrogens (tertiary/aromatic N) is 1. The van der Waals surface area contributed by atoms with E-state index in [2.05, 4.69) is 5.16 Å². The Morgan fingerprint density at radius 1 is 1.39 bits per heavy atom. The molecule has 0 amide bonds. The van der Waals surface area contributed by atoms with Gasteiger partial charge in [0.1, 0.15) is 11.7 Å². The van der Waals surface area contributed by atoms with Gasteiger partial charge in [-0.1, -0.05) is 19.0 Å². The first-order chi connectivity index (χ1) is 8.45. The topological polar surface area (TPSA) is 58.6 Å². The zero-order valence-electron chi connectivity index (χ0n) is 10.7. The van der Waals surface area contributed by atoms with E-state index in [1.165, 1.54) is 12.1 Å². The Bertz CT molecular complexity index is 404. The van der Waals surface area contributed by atoms with E-state index < -0.39 is 0 Å². The number of thioether (sulfide) groups is 1. The normalized spacial score (nSPS) is 12.7. The molecular formula is C13H19FN2OS. The molecule has 0 spiro atoms. The molecule has 0 bridgehead atoms. The molecule has 0 aliphatic carbocycles. The molecule has 0 saturated heterocycles. The summed E-state index contributed by atoms with van der Waals surface area (Å²) in [5.41, 5.74) is 5.32. The SMILES string of the molecule is CC(C)(CCCSc1ccc(F)cc1)C(N)=NO. The minimum atomic E-state index is -0.294. The van der Waals surface area contributed by atoms with Crippen molar-refractivity contribution in [3.05, 3.63) is 30.1 Å². The van der Waals surface area contributed by atoms with Crippen LogP contribution in [0.25, 0.3) is 0 Å². The molecule has 5 heteroatoms. The quantitative estimate of drug-likeness (QED) is 0.208. The van der Waals surface area contributed by atoms with Gasteiger partial charge in [0.15, 0.2) is 0 Å². The van der Waals surface area contributed by atoms with Crippen LogP contribution in [0.3, 0.4) is 0 Å². The zero-order valence-corrected chi connectivity index (χ0v) is 11.5. The second-order valence-corrected chi connectivity index (χ2v) is 5.94. The summed E-state index contributed by atoms with van der Waals surface area (Å²) in [5.74, 6) is 0.968. The lowest BCUT2D eigenvalue weighted by Crippen LogP contribution is -2.31. The molecule has 3 N–H and O–H groups in total. The van der Waals surface area contributed by atoms with Crippen molar-refractivity contribution in [1.29, 1.82) is 0 Å². The van der Waals surface area contributed by atoms with Gasteiger partial charge < -0.3 is 10.9 Å². The van der Waals surface area contributed by atoms with Crippen LogP contribution in [0, 0.1) is 11.2 Å². The van der Waals surface area contributed by atoms with Crippen molar-refractivity contribution in [3.63, 3.8) is 0 Å². The highest BCUT2D eigenvalue weighted by atomic mass is 32.2. The van der Waals surface area contributed by atoms with Crippen molar-refractivity contribution in [1.82, 2.24) is 0 Å². The molecule has 3 nitrogen and oxygen atoms in total. The van der Waals surface area contributed by atoms with Crippen LogP contribution >= 0.6 is 11.8 Å². The van der Waals surface area contributed by atoms with Crippen LogP contribution in [0.15, 0.2) is 34.3 Å². The van der Waals surface area contributed by atoms with Gasteiger partial charge in [-0.25, -0.2) is 4.39 Å². The van der Waals surface area contributed by atoms with E-state index in [1.807, 2.05) is 13.8 Å². The summed E-state index contributed by atoms with van der Waals surface area (Å²) < 4.78 is 12.7. The average molecular weight is 270 g/mol. The highest BCUT2D eigenvalue weighted by Gasteiger charge is 2.22. The van der Waals surface area contributed by atoms with Gasteiger partial charge >= 0.3 is 0 Å². The van der Waals surface area contributed by atoms with Crippen LogP contribution in [0.1, 0.15) is 26.7 Å². The Hall–Kier alpha value is -1.23. The van der Waals surface area contributed by atoms with Gasteiger partial charge in [0.2, 0.25) is 0 Å². The molecule has 1 rings (SSSR count). The predicted octanol–water partition coefficient (Wildman–Crippen LogP) is 3.47. The molecule has 0 heterocycles. The lowest BCUT2D eigenvalue weighted by Gasteiger charge is -2.22. The van der Waals surface area contributed by atoms with E-state index in [1.54, 1.807) is 23.9 Å². The summed E-state index contributed by atoms with van der Waals surface area (Å²) in [4.78, 5) is 1.05. The molecule has 0 radical (unpaired) electrons. The van der Waals surface area contributed by atoms with Crippen molar-refractivity contribution in [2.45, 2.75) is 31.6 Å². The molecule has 1 aromatic rings. The third-order valence-electron chi connectivity index (χ3n) is 2.83. The van der Waals surface area contributed by atoms with E-state index >= 15 is 0 Å². The summed E-state index contributed by atoms with van der Waals surface area (Å²) >= 11 is 1.68. The number of halogens is 1. The Balaban J connectivity index is 2.33. The largest absolute Gasteiger partial charge is 0.409 e. The van der Waals surface area contributed by atoms with Gasteiger partial charge in [-0.05, 0) is 42.9 Å². The minimum Gasteiger partial charge on any atom is -0.409 e. The van der Waals surface area contributed by atoms with E-state index in [0.29, 0.717) is 0 Å². The summed E-state index contributed by atoms with van der Waals surface area (Å²) in [6.45, 7) is 3.90. The first-order valence-electron chi connectivity index (χ1n) is 5.82. The molecular weight excluding hydrogens is 251 g/mol. The standard InChI is InChI=1S/C13H19FN2OS/c1-13(2,12(15)16-17)8-3-9-18-11-6-4-10(14)5-7-11/h4-7,17H,3,8-9H2,1-2H3,(H2,15,16). The second-order valence-electron chi connectivity index (χ2n) is 4.78. The van der Waals surface area contributed by atoms with E-state index in [-0.39, 0.29) is 17.1 Å². The fraction of sp³-hybridized carbons (Fsp3) is 0.462. The number of amidine groups is 1. The summed E-state index contributed by atoms with van der Waals surface area (Å²) in [7, 11) is 0. The molecule has 1 aromatic carbocycles. The Kier molecular flexibility index (Phi) is 5.47.